The number of carbonyl (C=O) groups is 3. The maximum absolute atomic E-state index is 12.2. The van der Waals surface area contributed by atoms with Gasteiger partial charge in [0.05, 0.1) is 11.1 Å². The van der Waals surface area contributed by atoms with E-state index >= 15 is 0 Å². The van der Waals surface area contributed by atoms with Gasteiger partial charge in [-0.2, -0.15) is 0 Å². The van der Waals surface area contributed by atoms with Crippen LogP contribution >= 0.6 is 0 Å². The van der Waals surface area contributed by atoms with Crippen LogP contribution in [-0.4, -0.2) is 50.0 Å². The Bertz CT molecular complexity index is 578. The first-order valence-corrected chi connectivity index (χ1v) is 7.66. The molecule has 2 amide bonds. The van der Waals surface area contributed by atoms with E-state index in [1.54, 1.807) is 12.1 Å². The molecule has 1 heterocycles. The Kier molecular flexibility index (Phi) is 3.99. The van der Waals surface area contributed by atoms with Gasteiger partial charge in [-0.05, 0) is 18.6 Å². The average Bonchev–Trinajstić information content (AvgIpc) is 2.64. The third-order valence-electron chi connectivity index (χ3n) is 3.10. The average molecular weight is 295 g/mol. The summed E-state index contributed by atoms with van der Waals surface area (Å²) >= 11 is 0. The second-order valence-electron chi connectivity index (χ2n) is 4.45. The molecule has 2 atom stereocenters. The largest absolute Gasteiger partial charge is 0.480 e. The molecular weight excluding hydrogens is 282 g/mol. The van der Waals surface area contributed by atoms with Crippen molar-refractivity contribution in [1.82, 2.24) is 4.90 Å². The molecule has 1 aliphatic rings. The van der Waals surface area contributed by atoms with Crippen LogP contribution < -0.4 is 0 Å². The molecule has 0 bridgehead atoms. The summed E-state index contributed by atoms with van der Waals surface area (Å²) in [5, 5.41) is 9.22. The van der Waals surface area contributed by atoms with E-state index < -0.39 is 34.6 Å². The summed E-state index contributed by atoms with van der Waals surface area (Å²) in [5.74, 6) is -2.38. The summed E-state index contributed by atoms with van der Waals surface area (Å²) in [6, 6.07) is 4.93. The van der Waals surface area contributed by atoms with Crippen LogP contribution in [0, 0.1) is 0 Å². The van der Waals surface area contributed by atoms with E-state index in [2.05, 4.69) is 0 Å². The van der Waals surface area contributed by atoms with E-state index in [0.29, 0.717) is 0 Å². The van der Waals surface area contributed by atoms with Gasteiger partial charge in [-0.1, -0.05) is 12.1 Å². The number of aliphatic carboxylic acids is 1. The van der Waals surface area contributed by atoms with Crippen molar-refractivity contribution in [3.8, 4) is 0 Å². The molecule has 6 nitrogen and oxygen atoms in total. The molecule has 0 unspecified atom stereocenters. The summed E-state index contributed by atoms with van der Waals surface area (Å²) in [6.45, 7) is 0. The van der Waals surface area contributed by atoms with Gasteiger partial charge in [-0.3, -0.25) is 18.7 Å². The first kappa shape index (κ1) is 14.4. The van der Waals surface area contributed by atoms with Gasteiger partial charge in [0.2, 0.25) is 0 Å². The minimum absolute atomic E-state index is 0.0239. The number of hydrogen-bond donors (Lipinski definition) is 1. The Balaban J connectivity index is 2.32. The number of carboxylic acid groups (broad SMARTS) is 1. The normalized spacial score (nSPS) is 16.9. The van der Waals surface area contributed by atoms with Crippen LogP contribution in [0.4, 0.5) is 0 Å². The summed E-state index contributed by atoms with van der Waals surface area (Å²) in [4.78, 5) is 36.4. The number of benzene rings is 1. The van der Waals surface area contributed by atoms with Crippen molar-refractivity contribution >= 4 is 28.6 Å². The highest BCUT2D eigenvalue weighted by Crippen LogP contribution is 2.25. The smallest absolute Gasteiger partial charge is 0.326 e. The first-order chi connectivity index (χ1) is 9.43. The van der Waals surface area contributed by atoms with Crippen molar-refractivity contribution in [2.45, 2.75) is 12.5 Å². The number of rotatable bonds is 5. The highest BCUT2D eigenvalue weighted by atomic mass is 32.2. The van der Waals surface area contributed by atoms with Gasteiger partial charge in [0.25, 0.3) is 11.8 Å². The molecule has 0 aliphatic carbocycles. The number of imide groups is 1. The lowest BCUT2D eigenvalue weighted by molar-refractivity contribution is -0.141. The highest BCUT2D eigenvalue weighted by Gasteiger charge is 2.42. The maximum Gasteiger partial charge on any atom is 0.326 e. The molecule has 1 N–H and O–H groups in total. The quantitative estimate of drug-likeness (QED) is 0.799. The van der Waals surface area contributed by atoms with E-state index in [9.17, 15) is 23.7 Å². The molecule has 0 saturated heterocycles. The molecule has 0 fully saturated rings. The third-order valence-corrected chi connectivity index (χ3v) is 3.91. The molecular formula is C13H13NO5S. The molecule has 0 saturated carbocycles. The standard InChI is InChI=1S/C13H13NO5S/c1-20(19)7-6-10(13(17)18)14-11(15)8-4-2-3-5-9(8)12(14)16/h2-5,10H,6-7H2,1H3,(H,17,18)/t10-,20-/m1/s1. The fraction of sp³-hybridized carbons (Fsp3) is 0.308. The van der Waals surface area contributed by atoms with Gasteiger partial charge < -0.3 is 5.11 Å². The number of amides is 2. The molecule has 106 valence electrons. The summed E-state index contributed by atoms with van der Waals surface area (Å²) in [6.07, 6.45) is 1.42. The first-order valence-electron chi connectivity index (χ1n) is 5.93. The van der Waals surface area contributed by atoms with Crippen molar-refractivity contribution < 1.29 is 23.7 Å². The van der Waals surface area contributed by atoms with Crippen molar-refractivity contribution in [3.05, 3.63) is 35.4 Å². The zero-order valence-corrected chi connectivity index (χ0v) is 11.6. The molecule has 0 aromatic heterocycles. The zero-order chi connectivity index (χ0) is 14.9. The fourth-order valence-corrected chi connectivity index (χ4v) is 2.69. The molecule has 1 aromatic carbocycles. The lowest BCUT2D eigenvalue weighted by atomic mass is 10.1. The molecule has 0 spiro atoms. The highest BCUT2D eigenvalue weighted by molar-refractivity contribution is 7.84. The number of carbonyl (C=O) groups excluding carboxylic acids is 2. The van der Waals surface area contributed by atoms with Crippen LogP contribution in [0.3, 0.4) is 0 Å². The summed E-state index contributed by atoms with van der Waals surface area (Å²) in [5.41, 5.74) is 0.419. The third kappa shape index (κ3) is 2.49. The number of fused-ring (bicyclic) bond motifs is 1. The van der Waals surface area contributed by atoms with Gasteiger partial charge in [0, 0.05) is 22.8 Å². The Labute approximate surface area is 117 Å². The monoisotopic (exact) mass is 295 g/mol. The van der Waals surface area contributed by atoms with Gasteiger partial charge in [0.15, 0.2) is 0 Å². The minimum Gasteiger partial charge on any atom is -0.480 e. The summed E-state index contributed by atoms with van der Waals surface area (Å²) in [7, 11) is -1.19. The van der Waals surface area contributed by atoms with Crippen LogP contribution in [0.5, 0.6) is 0 Å². The van der Waals surface area contributed by atoms with Crippen molar-refractivity contribution in [2.24, 2.45) is 0 Å². The fourth-order valence-electron chi connectivity index (χ4n) is 2.13. The molecule has 20 heavy (non-hydrogen) atoms. The lowest BCUT2D eigenvalue weighted by Gasteiger charge is -2.22. The summed E-state index contributed by atoms with van der Waals surface area (Å²) < 4.78 is 11.1. The Morgan fingerprint density at radius 2 is 1.75 bits per heavy atom. The predicted octanol–water partition coefficient (Wildman–Crippen LogP) is 0.504. The molecule has 0 radical (unpaired) electrons. The van der Waals surface area contributed by atoms with Crippen LogP contribution in [0.15, 0.2) is 24.3 Å². The lowest BCUT2D eigenvalue weighted by Crippen LogP contribution is -2.45. The van der Waals surface area contributed by atoms with Crippen LogP contribution in [0.25, 0.3) is 0 Å². The predicted molar refractivity (Wildman–Crippen MR) is 71.9 cm³/mol. The Morgan fingerprint density at radius 3 is 2.15 bits per heavy atom. The second-order valence-corrected chi connectivity index (χ2v) is 6.00. The van der Waals surface area contributed by atoms with E-state index in [1.807, 2.05) is 0 Å². The molecule has 7 heteroatoms. The van der Waals surface area contributed by atoms with E-state index in [0.717, 1.165) is 4.90 Å². The molecule has 1 aliphatic heterocycles. The van der Waals surface area contributed by atoms with E-state index in [4.69, 9.17) is 0 Å². The van der Waals surface area contributed by atoms with E-state index in [1.165, 1.54) is 18.4 Å². The van der Waals surface area contributed by atoms with Gasteiger partial charge in [0.1, 0.15) is 6.04 Å². The second kappa shape index (κ2) is 5.54. The zero-order valence-electron chi connectivity index (χ0n) is 10.7. The topological polar surface area (TPSA) is 91.8 Å². The number of nitrogens with zero attached hydrogens (tertiary/aromatic N) is 1. The van der Waals surface area contributed by atoms with Crippen LogP contribution in [-0.2, 0) is 15.6 Å². The van der Waals surface area contributed by atoms with Crippen molar-refractivity contribution in [3.63, 3.8) is 0 Å². The van der Waals surface area contributed by atoms with Gasteiger partial charge in [-0.25, -0.2) is 4.79 Å². The SMILES string of the molecule is C[S@@](=O)CC[C@H](C(=O)O)N1C(=O)c2ccccc2C1=O. The van der Waals surface area contributed by atoms with Crippen LogP contribution in [0.1, 0.15) is 27.1 Å². The van der Waals surface area contributed by atoms with Crippen molar-refractivity contribution in [2.75, 3.05) is 12.0 Å². The number of hydrogen-bond acceptors (Lipinski definition) is 4. The van der Waals surface area contributed by atoms with Gasteiger partial charge in [-0.15, -0.1) is 0 Å². The van der Waals surface area contributed by atoms with Crippen molar-refractivity contribution in [1.29, 1.82) is 0 Å². The van der Waals surface area contributed by atoms with Crippen LogP contribution in [0.2, 0.25) is 0 Å². The van der Waals surface area contributed by atoms with E-state index in [-0.39, 0.29) is 23.3 Å². The maximum atomic E-state index is 12.2. The Hall–Kier alpha value is -2.02. The molecule has 2 rings (SSSR count). The minimum atomic E-state index is -1.29. The molecule has 1 aromatic rings. The van der Waals surface area contributed by atoms with Gasteiger partial charge >= 0.3 is 5.97 Å². The number of carboxylic acids is 1. The Morgan fingerprint density at radius 1 is 1.25 bits per heavy atom.